The Labute approximate surface area is 176 Å². The summed E-state index contributed by atoms with van der Waals surface area (Å²) >= 11 is 0. The lowest BCUT2D eigenvalue weighted by atomic mass is 9.94. The van der Waals surface area contributed by atoms with Crippen LogP contribution in [0.5, 0.6) is 5.75 Å². The Bertz CT molecular complexity index is 910. The molecule has 1 N–H and O–H groups in total. The van der Waals surface area contributed by atoms with Crippen molar-refractivity contribution in [1.82, 2.24) is 25.2 Å². The molecule has 1 atom stereocenters. The van der Waals surface area contributed by atoms with Crippen molar-refractivity contribution in [3.63, 3.8) is 0 Å². The summed E-state index contributed by atoms with van der Waals surface area (Å²) in [5, 5.41) is 10.9. The number of rotatable bonds is 6. The molecule has 3 heterocycles. The van der Waals surface area contributed by atoms with Crippen LogP contribution in [-0.4, -0.2) is 51.4 Å². The van der Waals surface area contributed by atoms with E-state index in [2.05, 4.69) is 21.7 Å². The van der Waals surface area contributed by atoms with Gasteiger partial charge in [0, 0.05) is 32.3 Å². The van der Waals surface area contributed by atoms with Crippen molar-refractivity contribution >= 4 is 11.8 Å². The van der Waals surface area contributed by atoms with E-state index in [1.54, 1.807) is 10.9 Å². The molecule has 0 bridgehead atoms. The van der Waals surface area contributed by atoms with Crippen LogP contribution >= 0.6 is 0 Å². The largest absolute Gasteiger partial charge is 0.493 e. The minimum Gasteiger partial charge on any atom is -0.493 e. The standard InChI is InChI=1S/C22H29N5O3/c1-16-13-27(25-24-16)15-22(29)26-8-2-4-18(14-26)11-21(28)23-12-17-6-7-20-19(10-17)5-3-9-30-20/h6-7,10,13,18H,2-5,8-9,11-12,14-15H2,1H3,(H,23,28)/t18-/m0/s1. The van der Waals surface area contributed by atoms with E-state index < -0.39 is 0 Å². The molecular formula is C22H29N5O3. The van der Waals surface area contributed by atoms with E-state index in [9.17, 15) is 9.59 Å². The van der Waals surface area contributed by atoms with Crippen LogP contribution in [0.4, 0.5) is 0 Å². The highest BCUT2D eigenvalue weighted by atomic mass is 16.5. The monoisotopic (exact) mass is 411 g/mol. The van der Waals surface area contributed by atoms with Crippen LogP contribution in [-0.2, 0) is 29.1 Å². The van der Waals surface area contributed by atoms with Crippen molar-refractivity contribution in [3.8, 4) is 5.75 Å². The first kappa shape index (κ1) is 20.4. The van der Waals surface area contributed by atoms with Crippen molar-refractivity contribution in [1.29, 1.82) is 0 Å². The topological polar surface area (TPSA) is 89.4 Å². The van der Waals surface area contributed by atoms with Crippen molar-refractivity contribution in [2.24, 2.45) is 5.92 Å². The maximum atomic E-state index is 12.6. The second-order valence-electron chi connectivity index (χ2n) is 8.28. The van der Waals surface area contributed by atoms with Gasteiger partial charge in [-0.2, -0.15) is 0 Å². The summed E-state index contributed by atoms with van der Waals surface area (Å²) in [6.45, 7) is 4.71. The number of carbonyl (C=O) groups excluding carboxylic acids is 2. The van der Waals surface area contributed by atoms with Crippen LogP contribution in [0.15, 0.2) is 24.4 Å². The number of piperidine rings is 1. The number of benzene rings is 1. The highest BCUT2D eigenvalue weighted by Crippen LogP contribution is 2.25. The van der Waals surface area contributed by atoms with E-state index in [0.29, 0.717) is 19.5 Å². The molecule has 30 heavy (non-hydrogen) atoms. The zero-order valence-electron chi connectivity index (χ0n) is 17.5. The van der Waals surface area contributed by atoms with Crippen LogP contribution in [0.1, 0.15) is 42.5 Å². The Kier molecular flexibility index (Phi) is 6.30. The number of likely N-dealkylation sites (tertiary alicyclic amines) is 1. The number of nitrogens with one attached hydrogen (secondary N) is 1. The molecule has 2 aromatic rings. The Balaban J connectivity index is 1.24. The Morgan fingerprint density at radius 3 is 3.03 bits per heavy atom. The van der Waals surface area contributed by atoms with Crippen LogP contribution in [0.2, 0.25) is 0 Å². The SMILES string of the molecule is Cc1cn(CC(=O)N2CCC[C@@H](CC(=O)NCc3ccc4c(c3)CCCO4)C2)nn1. The van der Waals surface area contributed by atoms with Gasteiger partial charge in [0.05, 0.1) is 12.3 Å². The lowest BCUT2D eigenvalue weighted by Gasteiger charge is -2.32. The molecule has 8 nitrogen and oxygen atoms in total. The van der Waals surface area contributed by atoms with Gasteiger partial charge < -0.3 is 15.0 Å². The molecule has 4 rings (SSSR count). The summed E-state index contributed by atoms with van der Waals surface area (Å²) in [6.07, 6.45) is 6.16. The van der Waals surface area contributed by atoms with Gasteiger partial charge in [-0.3, -0.25) is 9.59 Å². The Morgan fingerprint density at radius 1 is 1.30 bits per heavy atom. The van der Waals surface area contributed by atoms with Gasteiger partial charge >= 0.3 is 0 Å². The summed E-state index contributed by atoms with van der Waals surface area (Å²) in [5.41, 5.74) is 3.11. The molecule has 160 valence electrons. The molecule has 1 aromatic heterocycles. The minimum atomic E-state index is 0.0290. The predicted molar refractivity (Wildman–Crippen MR) is 111 cm³/mol. The zero-order valence-corrected chi connectivity index (χ0v) is 17.5. The Hall–Kier alpha value is -2.90. The molecular weight excluding hydrogens is 382 g/mol. The van der Waals surface area contributed by atoms with Gasteiger partial charge in [0.25, 0.3) is 0 Å². The molecule has 8 heteroatoms. The fraction of sp³-hybridized carbons (Fsp3) is 0.545. The number of hydrogen-bond donors (Lipinski definition) is 1. The number of ether oxygens (including phenoxy) is 1. The third-order valence-electron chi connectivity index (χ3n) is 5.76. The maximum absolute atomic E-state index is 12.6. The fourth-order valence-corrected chi connectivity index (χ4v) is 4.23. The van der Waals surface area contributed by atoms with E-state index >= 15 is 0 Å². The average molecular weight is 412 g/mol. The van der Waals surface area contributed by atoms with Crippen molar-refractivity contribution in [3.05, 3.63) is 41.2 Å². The lowest BCUT2D eigenvalue weighted by Crippen LogP contribution is -2.42. The third kappa shape index (κ3) is 5.17. The van der Waals surface area contributed by atoms with Gasteiger partial charge in [0.2, 0.25) is 11.8 Å². The van der Waals surface area contributed by atoms with Crippen molar-refractivity contribution < 1.29 is 14.3 Å². The van der Waals surface area contributed by atoms with Crippen LogP contribution in [0.25, 0.3) is 0 Å². The summed E-state index contributed by atoms with van der Waals surface area (Å²) in [6, 6.07) is 6.14. The van der Waals surface area contributed by atoms with E-state index in [1.807, 2.05) is 24.0 Å². The van der Waals surface area contributed by atoms with Crippen molar-refractivity contribution in [2.45, 2.75) is 52.1 Å². The number of carbonyl (C=O) groups is 2. The van der Waals surface area contributed by atoms with Crippen molar-refractivity contribution in [2.75, 3.05) is 19.7 Å². The molecule has 0 saturated carbocycles. The highest BCUT2D eigenvalue weighted by molar-refractivity contribution is 5.77. The first-order chi connectivity index (χ1) is 14.6. The molecule has 2 aliphatic heterocycles. The fourth-order valence-electron chi connectivity index (χ4n) is 4.23. The first-order valence-corrected chi connectivity index (χ1v) is 10.7. The highest BCUT2D eigenvalue weighted by Gasteiger charge is 2.25. The third-order valence-corrected chi connectivity index (χ3v) is 5.76. The number of aryl methyl sites for hydroxylation is 2. The van der Waals surface area contributed by atoms with Gasteiger partial charge in [-0.1, -0.05) is 17.3 Å². The van der Waals surface area contributed by atoms with E-state index in [1.165, 1.54) is 5.56 Å². The summed E-state index contributed by atoms with van der Waals surface area (Å²) in [4.78, 5) is 26.9. The molecule has 0 spiro atoms. The first-order valence-electron chi connectivity index (χ1n) is 10.7. The molecule has 1 fully saturated rings. The Morgan fingerprint density at radius 2 is 2.20 bits per heavy atom. The number of nitrogens with zero attached hydrogens (tertiary/aromatic N) is 4. The van der Waals surface area contributed by atoms with Crippen LogP contribution in [0.3, 0.4) is 0 Å². The minimum absolute atomic E-state index is 0.0290. The summed E-state index contributed by atoms with van der Waals surface area (Å²) in [7, 11) is 0. The number of hydrogen-bond acceptors (Lipinski definition) is 5. The second-order valence-corrected chi connectivity index (χ2v) is 8.28. The molecule has 2 amide bonds. The van der Waals surface area contributed by atoms with Gasteiger partial charge in [-0.25, -0.2) is 4.68 Å². The van der Waals surface area contributed by atoms with Gasteiger partial charge in [0.15, 0.2) is 0 Å². The average Bonchev–Trinajstić information content (AvgIpc) is 3.16. The molecule has 1 saturated heterocycles. The maximum Gasteiger partial charge on any atom is 0.244 e. The van der Waals surface area contributed by atoms with Gasteiger partial charge in [-0.15, -0.1) is 5.10 Å². The number of amides is 2. The van der Waals surface area contributed by atoms with E-state index in [4.69, 9.17) is 4.74 Å². The quantitative estimate of drug-likeness (QED) is 0.784. The normalized spacial score (nSPS) is 18.4. The van der Waals surface area contributed by atoms with Gasteiger partial charge in [0.1, 0.15) is 12.3 Å². The molecule has 0 unspecified atom stereocenters. The molecule has 2 aliphatic rings. The summed E-state index contributed by atoms with van der Waals surface area (Å²) in [5.74, 6) is 1.22. The number of fused-ring (bicyclic) bond motifs is 1. The smallest absolute Gasteiger partial charge is 0.244 e. The second kappa shape index (κ2) is 9.28. The van der Waals surface area contributed by atoms with Gasteiger partial charge in [-0.05, 0) is 55.7 Å². The molecule has 0 radical (unpaired) electrons. The molecule has 0 aliphatic carbocycles. The van der Waals surface area contributed by atoms with Crippen LogP contribution in [0, 0.1) is 12.8 Å². The number of aromatic nitrogens is 3. The van der Waals surface area contributed by atoms with E-state index in [-0.39, 0.29) is 24.3 Å². The predicted octanol–water partition coefficient (Wildman–Crippen LogP) is 1.86. The lowest BCUT2D eigenvalue weighted by molar-refractivity contribution is -0.135. The zero-order chi connectivity index (χ0) is 20.9. The molecule has 1 aromatic carbocycles. The van der Waals surface area contributed by atoms with E-state index in [0.717, 1.165) is 55.8 Å². The van der Waals surface area contributed by atoms with Crippen LogP contribution < -0.4 is 10.1 Å². The summed E-state index contributed by atoms with van der Waals surface area (Å²) < 4.78 is 7.21.